The molecule has 1 aliphatic heterocycles. The number of halogens is 2. The second kappa shape index (κ2) is 8.41. The van der Waals surface area contributed by atoms with Gasteiger partial charge in [-0.05, 0) is 49.6 Å². The zero-order valence-electron chi connectivity index (χ0n) is 15.4. The maximum Gasteiger partial charge on any atom is 0.242 e. The Labute approximate surface area is 173 Å². The first-order valence-electron chi connectivity index (χ1n) is 9.41. The zero-order chi connectivity index (χ0) is 19.5. The van der Waals surface area contributed by atoms with Gasteiger partial charge in [0.05, 0.1) is 16.1 Å². The van der Waals surface area contributed by atoms with Crippen LogP contribution in [0, 0.1) is 0 Å². The Morgan fingerprint density at radius 3 is 2.64 bits per heavy atom. The van der Waals surface area contributed by atoms with Crippen LogP contribution in [0.2, 0.25) is 10.0 Å². The number of likely N-dealkylation sites (tertiary alicyclic amines) is 1. The number of piperidine rings is 1. The molecule has 1 fully saturated rings. The fourth-order valence-electron chi connectivity index (χ4n) is 3.53. The molecule has 1 aromatic heterocycles. The van der Waals surface area contributed by atoms with Crippen molar-refractivity contribution >= 4 is 40.1 Å². The van der Waals surface area contributed by atoms with Gasteiger partial charge in [0.15, 0.2) is 0 Å². The smallest absolute Gasteiger partial charge is 0.242 e. The van der Waals surface area contributed by atoms with Gasteiger partial charge in [0.2, 0.25) is 5.91 Å². The molecular weight excluding hydrogens is 397 g/mol. The third-order valence-electron chi connectivity index (χ3n) is 4.99. The van der Waals surface area contributed by atoms with E-state index in [-0.39, 0.29) is 19.1 Å². The molecule has 7 heteroatoms. The van der Waals surface area contributed by atoms with E-state index >= 15 is 0 Å². The van der Waals surface area contributed by atoms with Crippen molar-refractivity contribution in [3.8, 4) is 5.75 Å². The monoisotopic (exact) mass is 417 g/mol. The van der Waals surface area contributed by atoms with Crippen molar-refractivity contribution in [3.05, 3.63) is 58.3 Å². The van der Waals surface area contributed by atoms with Crippen LogP contribution >= 0.6 is 23.2 Å². The van der Waals surface area contributed by atoms with E-state index in [1.54, 1.807) is 18.2 Å². The van der Waals surface area contributed by atoms with E-state index in [1.165, 1.54) is 6.42 Å². The number of amides is 1. The largest absolute Gasteiger partial charge is 0.484 e. The summed E-state index contributed by atoms with van der Waals surface area (Å²) >= 11 is 12.1. The third-order valence-corrected chi connectivity index (χ3v) is 5.52. The maximum absolute atomic E-state index is 12.8. The van der Waals surface area contributed by atoms with Crippen LogP contribution in [0.5, 0.6) is 5.75 Å². The summed E-state index contributed by atoms with van der Waals surface area (Å²) in [5, 5.41) is 0.997. The first-order valence-corrected chi connectivity index (χ1v) is 10.2. The van der Waals surface area contributed by atoms with Gasteiger partial charge < -0.3 is 14.2 Å². The second-order valence-corrected chi connectivity index (χ2v) is 7.75. The molecule has 1 aliphatic rings. The molecule has 3 aromatic rings. The van der Waals surface area contributed by atoms with Gasteiger partial charge in [-0.2, -0.15) is 0 Å². The predicted octanol–water partition coefficient (Wildman–Crippen LogP) is 4.93. The van der Waals surface area contributed by atoms with E-state index in [2.05, 4.69) is 4.98 Å². The molecule has 0 aliphatic carbocycles. The molecule has 1 amide bonds. The lowest BCUT2D eigenvalue weighted by Crippen LogP contribution is -2.38. The van der Waals surface area contributed by atoms with Gasteiger partial charge in [0, 0.05) is 18.1 Å². The molecule has 5 nitrogen and oxygen atoms in total. The van der Waals surface area contributed by atoms with Crippen molar-refractivity contribution < 1.29 is 9.53 Å². The summed E-state index contributed by atoms with van der Waals surface area (Å²) in [6.45, 7) is 2.13. The highest BCUT2D eigenvalue weighted by atomic mass is 35.5. The molecular formula is C21H21Cl2N3O2. The Morgan fingerprint density at radius 2 is 1.86 bits per heavy atom. The Balaban J connectivity index is 1.58. The summed E-state index contributed by atoms with van der Waals surface area (Å²) in [4.78, 5) is 19.4. The number of imidazole rings is 1. The molecule has 4 rings (SSSR count). The van der Waals surface area contributed by atoms with Crippen LogP contribution in [0.3, 0.4) is 0 Å². The van der Waals surface area contributed by atoms with E-state index in [0.29, 0.717) is 21.6 Å². The van der Waals surface area contributed by atoms with Crippen molar-refractivity contribution in [2.45, 2.75) is 32.4 Å². The molecule has 0 atom stereocenters. The van der Waals surface area contributed by atoms with Crippen molar-refractivity contribution in [1.82, 2.24) is 14.5 Å². The summed E-state index contributed by atoms with van der Waals surface area (Å²) in [6, 6.07) is 12.9. The zero-order valence-corrected chi connectivity index (χ0v) is 16.9. The van der Waals surface area contributed by atoms with Gasteiger partial charge in [0.1, 0.15) is 24.7 Å². The fraction of sp³-hybridized carbons (Fsp3) is 0.333. The highest BCUT2D eigenvalue weighted by Crippen LogP contribution is 2.28. The van der Waals surface area contributed by atoms with E-state index < -0.39 is 0 Å². The van der Waals surface area contributed by atoms with Crippen LogP contribution in [0.15, 0.2) is 42.5 Å². The summed E-state index contributed by atoms with van der Waals surface area (Å²) in [7, 11) is 0. The van der Waals surface area contributed by atoms with Gasteiger partial charge in [-0.25, -0.2) is 4.98 Å². The van der Waals surface area contributed by atoms with Gasteiger partial charge in [0.25, 0.3) is 0 Å². The van der Waals surface area contributed by atoms with Crippen LogP contribution in [0.25, 0.3) is 11.0 Å². The minimum Gasteiger partial charge on any atom is -0.484 e. The first-order chi connectivity index (χ1) is 13.6. The quantitative estimate of drug-likeness (QED) is 0.590. The fourth-order valence-corrected chi connectivity index (χ4v) is 3.99. The van der Waals surface area contributed by atoms with Gasteiger partial charge in [-0.3, -0.25) is 4.79 Å². The number of rotatable bonds is 5. The number of carbonyl (C=O) groups excluding carboxylic acids is 1. The molecule has 0 saturated carbocycles. The third kappa shape index (κ3) is 4.10. The van der Waals surface area contributed by atoms with Crippen LogP contribution in [0.1, 0.15) is 25.1 Å². The minimum atomic E-state index is 0.119. The molecule has 0 unspecified atom stereocenters. The molecule has 0 spiro atoms. The number of carbonyl (C=O) groups is 1. The summed E-state index contributed by atoms with van der Waals surface area (Å²) in [5.74, 6) is 1.35. The summed E-state index contributed by atoms with van der Waals surface area (Å²) < 4.78 is 7.82. The van der Waals surface area contributed by atoms with Crippen molar-refractivity contribution in [2.24, 2.45) is 0 Å². The number of hydrogen-bond donors (Lipinski definition) is 0. The molecule has 0 bridgehead atoms. The van der Waals surface area contributed by atoms with Crippen molar-refractivity contribution in [2.75, 3.05) is 13.1 Å². The SMILES string of the molecule is O=C(Cn1c(COc2ccc(Cl)cc2Cl)nc2ccccc21)N1CCCCC1. The van der Waals surface area contributed by atoms with E-state index in [4.69, 9.17) is 27.9 Å². The van der Waals surface area contributed by atoms with E-state index in [9.17, 15) is 4.79 Å². The lowest BCUT2D eigenvalue weighted by Gasteiger charge is -2.27. The molecule has 1 saturated heterocycles. The predicted molar refractivity (Wildman–Crippen MR) is 111 cm³/mol. The molecule has 2 heterocycles. The summed E-state index contributed by atoms with van der Waals surface area (Å²) in [6.07, 6.45) is 3.33. The van der Waals surface area contributed by atoms with Gasteiger partial charge in [-0.1, -0.05) is 35.3 Å². The number of aromatic nitrogens is 2. The Hall–Kier alpha value is -2.24. The molecule has 0 radical (unpaired) electrons. The maximum atomic E-state index is 12.8. The van der Waals surface area contributed by atoms with Gasteiger partial charge in [-0.15, -0.1) is 0 Å². The number of ether oxygens (including phenoxy) is 1. The first kappa shape index (κ1) is 19.1. The standard InChI is InChI=1S/C21H21Cl2N3O2/c22-15-8-9-19(16(23)12-15)28-14-20-24-17-6-2-3-7-18(17)26(20)13-21(27)25-10-4-1-5-11-25/h2-3,6-9,12H,1,4-5,10-11,13-14H2. The van der Waals surface area contributed by atoms with Crippen LogP contribution in [-0.4, -0.2) is 33.4 Å². The Bertz CT molecular complexity index is 996. The van der Waals surface area contributed by atoms with E-state index in [0.717, 1.165) is 37.0 Å². The number of fused-ring (bicyclic) bond motifs is 1. The van der Waals surface area contributed by atoms with E-state index in [1.807, 2.05) is 33.7 Å². The van der Waals surface area contributed by atoms with Crippen LogP contribution < -0.4 is 4.74 Å². The Morgan fingerprint density at radius 1 is 1.07 bits per heavy atom. The number of para-hydroxylation sites is 2. The highest BCUT2D eigenvalue weighted by Gasteiger charge is 2.20. The average Bonchev–Trinajstić information content (AvgIpc) is 3.05. The lowest BCUT2D eigenvalue weighted by atomic mass is 10.1. The highest BCUT2D eigenvalue weighted by molar-refractivity contribution is 6.35. The summed E-state index contributed by atoms with van der Waals surface area (Å²) in [5.41, 5.74) is 1.77. The topological polar surface area (TPSA) is 47.4 Å². The average molecular weight is 418 g/mol. The van der Waals surface area contributed by atoms with Crippen molar-refractivity contribution in [1.29, 1.82) is 0 Å². The lowest BCUT2D eigenvalue weighted by molar-refractivity contribution is -0.132. The van der Waals surface area contributed by atoms with Crippen LogP contribution in [-0.2, 0) is 17.9 Å². The number of hydrogen-bond acceptors (Lipinski definition) is 3. The molecule has 28 heavy (non-hydrogen) atoms. The van der Waals surface area contributed by atoms with Crippen LogP contribution in [0.4, 0.5) is 0 Å². The number of benzene rings is 2. The second-order valence-electron chi connectivity index (χ2n) is 6.91. The molecule has 146 valence electrons. The Kier molecular flexibility index (Phi) is 5.74. The molecule has 0 N–H and O–H groups in total. The number of nitrogens with zero attached hydrogens (tertiary/aromatic N) is 3. The molecule has 2 aromatic carbocycles. The minimum absolute atomic E-state index is 0.119. The van der Waals surface area contributed by atoms with Crippen molar-refractivity contribution in [3.63, 3.8) is 0 Å². The normalized spacial score (nSPS) is 14.4. The van der Waals surface area contributed by atoms with Gasteiger partial charge >= 0.3 is 0 Å².